The highest BCUT2D eigenvalue weighted by molar-refractivity contribution is 5.88. The predicted octanol–water partition coefficient (Wildman–Crippen LogP) is 1.86. The Morgan fingerprint density at radius 2 is 1.95 bits per heavy atom. The third kappa shape index (κ3) is 2.59. The molecule has 1 aromatic rings. The van der Waals surface area contributed by atoms with Gasteiger partial charge in [-0.1, -0.05) is 18.2 Å². The van der Waals surface area contributed by atoms with E-state index >= 15 is 0 Å². The molecule has 19 heavy (non-hydrogen) atoms. The summed E-state index contributed by atoms with van der Waals surface area (Å²) in [5.74, 6) is -0.248. The topological polar surface area (TPSA) is 61.4 Å². The van der Waals surface area contributed by atoms with E-state index in [9.17, 15) is 9.90 Å². The average Bonchev–Trinajstić information content (AvgIpc) is 2.70. The van der Waals surface area contributed by atoms with Crippen molar-refractivity contribution in [2.75, 3.05) is 11.9 Å². The van der Waals surface area contributed by atoms with Crippen LogP contribution in [0.25, 0.3) is 0 Å². The molecular weight excluding hydrogens is 240 g/mol. The van der Waals surface area contributed by atoms with Gasteiger partial charge in [0.15, 0.2) is 0 Å². The molecule has 0 aliphatic carbocycles. The molecule has 4 heteroatoms. The number of amides is 1. The first-order chi connectivity index (χ1) is 8.72. The van der Waals surface area contributed by atoms with Gasteiger partial charge in [-0.25, -0.2) is 0 Å². The Kier molecular flexibility index (Phi) is 3.31. The van der Waals surface area contributed by atoms with Gasteiger partial charge in [0, 0.05) is 12.2 Å². The summed E-state index contributed by atoms with van der Waals surface area (Å²) in [6.07, 6.45) is 0. The molecule has 4 nitrogen and oxygen atoms in total. The number of carbonyl (C=O) groups is 1. The second-order valence-corrected chi connectivity index (χ2v) is 6.19. The molecule has 0 fully saturated rings. The van der Waals surface area contributed by atoms with E-state index in [1.165, 1.54) is 0 Å². The van der Waals surface area contributed by atoms with Crippen molar-refractivity contribution in [3.8, 4) is 0 Å². The van der Waals surface area contributed by atoms with E-state index < -0.39 is 11.1 Å². The van der Waals surface area contributed by atoms with Crippen molar-refractivity contribution in [2.45, 2.75) is 44.8 Å². The first kappa shape index (κ1) is 13.9. The van der Waals surface area contributed by atoms with E-state index in [-0.39, 0.29) is 11.8 Å². The van der Waals surface area contributed by atoms with Crippen LogP contribution in [0.1, 0.15) is 39.2 Å². The largest absolute Gasteiger partial charge is 0.388 e. The van der Waals surface area contributed by atoms with Crippen LogP contribution in [0.3, 0.4) is 0 Å². The van der Waals surface area contributed by atoms with Gasteiger partial charge < -0.3 is 15.7 Å². The molecule has 0 saturated heterocycles. The zero-order valence-corrected chi connectivity index (χ0v) is 11.9. The quantitative estimate of drug-likeness (QED) is 0.779. The third-order valence-corrected chi connectivity index (χ3v) is 4.11. The molecular formula is C15H22N2O2. The fraction of sp³-hybridized carbons (Fsp3) is 0.533. The standard InChI is InChI=1S/C15H22N2O2/c1-14(2,15(3,4)19)17-13(18)11-9-16-12-8-6-5-7-10(11)12/h5-8,11,16,19H,9H2,1-4H3,(H,17,18). The summed E-state index contributed by atoms with van der Waals surface area (Å²) < 4.78 is 0. The van der Waals surface area contributed by atoms with Crippen LogP contribution in [0.2, 0.25) is 0 Å². The lowest BCUT2D eigenvalue weighted by Gasteiger charge is -2.38. The van der Waals surface area contributed by atoms with Gasteiger partial charge in [-0.2, -0.15) is 0 Å². The molecule has 0 saturated carbocycles. The number of rotatable bonds is 3. The van der Waals surface area contributed by atoms with Crippen molar-refractivity contribution in [1.82, 2.24) is 5.32 Å². The molecule has 1 atom stereocenters. The number of carbonyl (C=O) groups excluding carboxylic acids is 1. The highest BCUT2D eigenvalue weighted by Crippen LogP contribution is 2.32. The SMILES string of the molecule is CC(C)(O)C(C)(C)NC(=O)C1CNc2ccccc21. The molecule has 3 N–H and O–H groups in total. The van der Waals surface area contributed by atoms with Gasteiger partial charge in [-0.3, -0.25) is 4.79 Å². The van der Waals surface area contributed by atoms with Gasteiger partial charge in [0.2, 0.25) is 5.91 Å². The minimum absolute atomic E-state index is 0.0513. The number of hydrogen-bond acceptors (Lipinski definition) is 3. The van der Waals surface area contributed by atoms with Gasteiger partial charge in [0.1, 0.15) is 0 Å². The Bertz CT molecular complexity index is 489. The Hall–Kier alpha value is -1.55. The molecule has 0 aromatic heterocycles. The molecule has 0 bridgehead atoms. The van der Waals surface area contributed by atoms with Crippen LogP contribution < -0.4 is 10.6 Å². The Morgan fingerprint density at radius 3 is 2.58 bits per heavy atom. The van der Waals surface area contributed by atoms with Gasteiger partial charge in [0.05, 0.1) is 17.1 Å². The summed E-state index contributed by atoms with van der Waals surface area (Å²) in [6.45, 7) is 7.67. The highest BCUT2D eigenvalue weighted by Gasteiger charge is 2.39. The number of hydrogen-bond donors (Lipinski definition) is 3. The Morgan fingerprint density at radius 1 is 1.32 bits per heavy atom. The van der Waals surface area contributed by atoms with Crippen molar-refractivity contribution in [2.24, 2.45) is 0 Å². The summed E-state index contributed by atoms with van der Waals surface area (Å²) >= 11 is 0. The van der Waals surface area contributed by atoms with Crippen LogP contribution in [-0.4, -0.2) is 28.7 Å². The second-order valence-electron chi connectivity index (χ2n) is 6.19. The fourth-order valence-electron chi connectivity index (χ4n) is 2.07. The minimum Gasteiger partial charge on any atom is -0.388 e. The monoisotopic (exact) mass is 262 g/mol. The maximum atomic E-state index is 12.4. The first-order valence-electron chi connectivity index (χ1n) is 6.59. The summed E-state index contributed by atoms with van der Waals surface area (Å²) in [4.78, 5) is 12.4. The van der Waals surface area contributed by atoms with Crippen LogP contribution in [0.5, 0.6) is 0 Å². The number of nitrogens with one attached hydrogen (secondary N) is 2. The van der Waals surface area contributed by atoms with Gasteiger partial charge >= 0.3 is 0 Å². The summed E-state index contributed by atoms with van der Waals surface area (Å²) in [5.41, 5.74) is 0.380. The molecule has 1 heterocycles. The van der Waals surface area contributed by atoms with Crippen molar-refractivity contribution in [3.63, 3.8) is 0 Å². The van der Waals surface area contributed by atoms with Crippen LogP contribution in [0, 0.1) is 0 Å². The number of aliphatic hydroxyl groups is 1. The zero-order chi connectivity index (χ0) is 14.3. The number of anilines is 1. The molecule has 0 spiro atoms. The predicted molar refractivity (Wildman–Crippen MR) is 76.2 cm³/mol. The molecule has 1 aliphatic heterocycles. The van der Waals surface area contributed by atoms with Gasteiger partial charge in [-0.15, -0.1) is 0 Å². The lowest BCUT2D eigenvalue weighted by molar-refractivity contribution is -0.127. The van der Waals surface area contributed by atoms with Crippen molar-refractivity contribution in [1.29, 1.82) is 0 Å². The highest BCUT2D eigenvalue weighted by atomic mass is 16.3. The molecule has 1 unspecified atom stereocenters. The van der Waals surface area contributed by atoms with Crippen LogP contribution in [0.4, 0.5) is 5.69 Å². The van der Waals surface area contributed by atoms with E-state index in [0.717, 1.165) is 11.3 Å². The summed E-state index contributed by atoms with van der Waals surface area (Å²) in [6, 6.07) is 7.83. The summed E-state index contributed by atoms with van der Waals surface area (Å²) in [5, 5.41) is 16.3. The summed E-state index contributed by atoms with van der Waals surface area (Å²) in [7, 11) is 0. The van der Waals surface area contributed by atoms with Crippen LogP contribution >= 0.6 is 0 Å². The Labute approximate surface area is 114 Å². The lowest BCUT2D eigenvalue weighted by atomic mass is 9.85. The van der Waals surface area contributed by atoms with E-state index in [0.29, 0.717) is 6.54 Å². The zero-order valence-electron chi connectivity index (χ0n) is 11.9. The smallest absolute Gasteiger partial charge is 0.229 e. The van der Waals surface area contributed by atoms with Gasteiger partial charge in [0.25, 0.3) is 0 Å². The lowest BCUT2D eigenvalue weighted by Crippen LogP contribution is -2.58. The number of benzene rings is 1. The number of fused-ring (bicyclic) bond motifs is 1. The molecule has 0 radical (unpaired) electrons. The van der Waals surface area contributed by atoms with Crippen molar-refractivity contribution >= 4 is 11.6 Å². The minimum atomic E-state index is -0.978. The van der Waals surface area contributed by atoms with Crippen molar-refractivity contribution in [3.05, 3.63) is 29.8 Å². The van der Waals surface area contributed by atoms with Gasteiger partial charge in [-0.05, 0) is 39.3 Å². The molecule has 1 aromatic carbocycles. The average molecular weight is 262 g/mol. The maximum absolute atomic E-state index is 12.4. The fourth-order valence-corrected chi connectivity index (χ4v) is 2.07. The first-order valence-corrected chi connectivity index (χ1v) is 6.59. The third-order valence-electron chi connectivity index (χ3n) is 4.11. The van der Waals surface area contributed by atoms with E-state index in [1.807, 2.05) is 38.1 Å². The van der Waals surface area contributed by atoms with E-state index in [4.69, 9.17) is 0 Å². The maximum Gasteiger partial charge on any atom is 0.229 e. The van der Waals surface area contributed by atoms with Crippen LogP contribution in [0.15, 0.2) is 24.3 Å². The van der Waals surface area contributed by atoms with E-state index in [1.54, 1.807) is 13.8 Å². The Balaban J connectivity index is 2.15. The van der Waals surface area contributed by atoms with Crippen molar-refractivity contribution < 1.29 is 9.90 Å². The molecule has 1 aliphatic rings. The van der Waals surface area contributed by atoms with Crippen LogP contribution in [-0.2, 0) is 4.79 Å². The molecule has 104 valence electrons. The van der Waals surface area contributed by atoms with E-state index in [2.05, 4.69) is 10.6 Å². The normalized spacial score (nSPS) is 18.7. The molecule has 2 rings (SSSR count). The molecule has 1 amide bonds. The second kappa shape index (κ2) is 4.53. The number of para-hydroxylation sites is 1.